The largest absolute Gasteiger partial charge is 0.393 e. The number of hydrogen-bond acceptors (Lipinski definition) is 4. The maximum Gasteiger partial charge on any atom is 0.292 e. The molecule has 0 radical (unpaired) electrons. The summed E-state index contributed by atoms with van der Waals surface area (Å²) in [6, 6.07) is 14.6. The predicted molar refractivity (Wildman–Crippen MR) is 96.3 cm³/mol. The van der Waals surface area contributed by atoms with Crippen LogP contribution in [0.1, 0.15) is 28.8 Å². The van der Waals surface area contributed by atoms with Crippen molar-refractivity contribution in [3.63, 3.8) is 0 Å². The Labute approximate surface area is 146 Å². The number of nitrogens with two attached hydrogens (primary N) is 1. The van der Waals surface area contributed by atoms with Gasteiger partial charge in [0, 0.05) is 24.7 Å². The number of anilines is 1. The van der Waals surface area contributed by atoms with Crippen LogP contribution in [0.2, 0.25) is 0 Å². The van der Waals surface area contributed by atoms with Gasteiger partial charge in [0.2, 0.25) is 0 Å². The third-order valence-electron chi connectivity index (χ3n) is 4.74. The molecule has 0 aromatic heterocycles. The van der Waals surface area contributed by atoms with E-state index in [2.05, 4.69) is 12.1 Å². The zero-order valence-electron chi connectivity index (χ0n) is 13.9. The zero-order chi connectivity index (χ0) is 17.8. The van der Waals surface area contributed by atoms with Crippen molar-refractivity contribution in [2.75, 3.05) is 18.8 Å². The fourth-order valence-electron chi connectivity index (χ4n) is 3.30. The van der Waals surface area contributed by atoms with E-state index in [0.717, 1.165) is 19.3 Å². The maximum atomic E-state index is 12.6. The molecule has 1 amide bonds. The fourth-order valence-corrected chi connectivity index (χ4v) is 3.30. The first-order valence-electron chi connectivity index (χ1n) is 8.41. The van der Waals surface area contributed by atoms with Gasteiger partial charge in [0.1, 0.15) is 5.69 Å². The summed E-state index contributed by atoms with van der Waals surface area (Å²) in [7, 11) is 0. The van der Waals surface area contributed by atoms with Crippen molar-refractivity contribution in [1.29, 1.82) is 0 Å². The molecule has 25 heavy (non-hydrogen) atoms. The number of rotatable bonds is 4. The van der Waals surface area contributed by atoms with E-state index in [1.165, 1.54) is 17.7 Å². The molecular formula is C19H21N3O3. The van der Waals surface area contributed by atoms with Crippen LogP contribution in [0.4, 0.5) is 11.4 Å². The molecule has 1 aliphatic rings. The molecule has 0 aliphatic carbocycles. The van der Waals surface area contributed by atoms with Crippen molar-refractivity contribution in [1.82, 2.24) is 4.90 Å². The number of piperidine rings is 1. The van der Waals surface area contributed by atoms with Gasteiger partial charge in [0.05, 0.1) is 4.92 Å². The third kappa shape index (κ3) is 3.96. The minimum Gasteiger partial charge on any atom is -0.393 e. The van der Waals surface area contributed by atoms with Crippen molar-refractivity contribution in [2.45, 2.75) is 19.3 Å². The second kappa shape index (κ2) is 7.34. The average Bonchev–Trinajstić information content (AvgIpc) is 2.63. The average molecular weight is 339 g/mol. The smallest absolute Gasteiger partial charge is 0.292 e. The Kier molecular flexibility index (Phi) is 4.97. The van der Waals surface area contributed by atoms with E-state index in [0.29, 0.717) is 24.6 Å². The molecule has 0 saturated carbocycles. The number of likely N-dealkylation sites (tertiary alicyclic amines) is 1. The van der Waals surface area contributed by atoms with Gasteiger partial charge in [0.25, 0.3) is 11.6 Å². The van der Waals surface area contributed by atoms with Crippen LogP contribution in [0.3, 0.4) is 0 Å². The number of nitrogens with zero attached hydrogens (tertiary/aromatic N) is 2. The van der Waals surface area contributed by atoms with Gasteiger partial charge in [-0.2, -0.15) is 0 Å². The van der Waals surface area contributed by atoms with Gasteiger partial charge in [-0.3, -0.25) is 14.9 Å². The van der Waals surface area contributed by atoms with Gasteiger partial charge in [-0.05, 0) is 42.9 Å². The summed E-state index contributed by atoms with van der Waals surface area (Å²) >= 11 is 0. The summed E-state index contributed by atoms with van der Waals surface area (Å²) in [6.07, 6.45) is 2.91. The minimum atomic E-state index is -0.557. The first-order chi connectivity index (χ1) is 12.0. The van der Waals surface area contributed by atoms with E-state index in [4.69, 9.17) is 5.73 Å². The molecular weight excluding hydrogens is 318 g/mol. The highest BCUT2D eigenvalue weighted by molar-refractivity contribution is 5.95. The lowest BCUT2D eigenvalue weighted by Crippen LogP contribution is -2.38. The summed E-state index contributed by atoms with van der Waals surface area (Å²) in [5.74, 6) is 0.397. The van der Waals surface area contributed by atoms with E-state index in [1.807, 2.05) is 18.2 Å². The van der Waals surface area contributed by atoms with Gasteiger partial charge >= 0.3 is 0 Å². The Morgan fingerprint density at radius 3 is 2.48 bits per heavy atom. The molecule has 2 N–H and O–H groups in total. The molecule has 2 aromatic rings. The SMILES string of the molecule is Nc1ccc(C(=O)N2CCC(Cc3ccccc3)CC2)cc1[N+](=O)[O-]. The predicted octanol–water partition coefficient (Wildman–Crippen LogP) is 3.27. The van der Waals surface area contributed by atoms with Crippen LogP contribution in [-0.2, 0) is 6.42 Å². The van der Waals surface area contributed by atoms with Crippen molar-refractivity contribution in [3.8, 4) is 0 Å². The lowest BCUT2D eigenvalue weighted by Gasteiger charge is -2.32. The van der Waals surface area contributed by atoms with Crippen molar-refractivity contribution < 1.29 is 9.72 Å². The number of carbonyl (C=O) groups is 1. The highest BCUT2D eigenvalue weighted by atomic mass is 16.6. The Bertz CT molecular complexity index is 769. The van der Waals surface area contributed by atoms with Gasteiger partial charge in [-0.1, -0.05) is 30.3 Å². The second-order valence-electron chi connectivity index (χ2n) is 6.46. The number of benzene rings is 2. The Morgan fingerprint density at radius 1 is 1.16 bits per heavy atom. The third-order valence-corrected chi connectivity index (χ3v) is 4.74. The van der Waals surface area contributed by atoms with Crippen LogP contribution in [0.5, 0.6) is 0 Å². The molecule has 1 saturated heterocycles. The number of nitrogen functional groups attached to an aromatic ring is 1. The van der Waals surface area contributed by atoms with E-state index >= 15 is 0 Å². The number of nitro benzene ring substituents is 1. The van der Waals surface area contributed by atoms with Crippen LogP contribution in [-0.4, -0.2) is 28.8 Å². The monoisotopic (exact) mass is 339 g/mol. The Hall–Kier alpha value is -2.89. The highest BCUT2D eigenvalue weighted by Crippen LogP contribution is 2.26. The normalized spacial score (nSPS) is 15.1. The summed E-state index contributed by atoms with van der Waals surface area (Å²) in [5.41, 5.74) is 7.09. The van der Waals surface area contributed by atoms with Gasteiger partial charge < -0.3 is 10.6 Å². The maximum absolute atomic E-state index is 12.6. The first-order valence-corrected chi connectivity index (χ1v) is 8.41. The first kappa shape index (κ1) is 17.0. The van der Waals surface area contributed by atoms with Gasteiger partial charge in [-0.25, -0.2) is 0 Å². The summed E-state index contributed by atoms with van der Waals surface area (Å²) in [4.78, 5) is 24.8. The van der Waals surface area contributed by atoms with Crippen molar-refractivity contribution in [3.05, 3.63) is 69.8 Å². The molecule has 6 nitrogen and oxygen atoms in total. The van der Waals surface area contributed by atoms with E-state index in [1.54, 1.807) is 11.0 Å². The second-order valence-corrected chi connectivity index (χ2v) is 6.46. The van der Waals surface area contributed by atoms with Crippen LogP contribution in [0, 0.1) is 16.0 Å². The standard InChI is InChI=1S/C19H21N3O3/c20-17-7-6-16(13-18(17)22(24)25)19(23)21-10-8-15(9-11-21)12-14-4-2-1-3-5-14/h1-7,13,15H,8-12,20H2. The zero-order valence-corrected chi connectivity index (χ0v) is 13.9. The Balaban J connectivity index is 1.62. The molecule has 1 heterocycles. The summed E-state index contributed by atoms with van der Waals surface area (Å²) < 4.78 is 0. The van der Waals surface area contributed by atoms with Gasteiger partial charge in [-0.15, -0.1) is 0 Å². The van der Waals surface area contributed by atoms with E-state index in [9.17, 15) is 14.9 Å². The van der Waals surface area contributed by atoms with Crippen LogP contribution in [0.15, 0.2) is 48.5 Å². The number of amides is 1. The number of carbonyl (C=O) groups excluding carboxylic acids is 1. The molecule has 3 rings (SSSR count). The molecule has 0 unspecified atom stereocenters. The minimum absolute atomic E-state index is 0.0723. The lowest BCUT2D eigenvalue weighted by molar-refractivity contribution is -0.383. The molecule has 1 aliphatic heterocycles. The summed E-state index contributed by atoms with van der Waals surface area (Å²) in [5, 5.41) is 11.0. The molecule has 0 bridgehead atoms. The topological polar surface area (TPSA) is 89.5 Å². The number of nitro groups is 1. The highest BCUT2D eigenvalue weighted by Gasteiger charge is 2.25. The molecule has 0 atom stereocenters. The number of hydrogen-bond donors (Lipinski definition) is 1. The van der Waals surface area contributed by atoms with Crippen LogP contribution < -0.4 is 5.73 Å². The molecule has 0 spiro atoms. The lowest BCUT2D eigenvalue weighted by atomic mass is 9.90. The van der Waals surface area contributed by atoms with Crippen molar-refractivity contribution >= 4 is 17.3 Å². The fraction of sp³-hybridized carbons (Fsp3) is 0.316. The Morgan fingerprint density at radius 2 is 1.84 bits per heavy atom. The van der Waals surface area contributed by atoms with Crippen molar-refractivity contribution in [2.24, 2.45) is 5.92 Å². The van der Waals surface area contributed by atoms with Crippen LogP contribution in [0.25, 0.3) is 0 Å². The van der Waals surface area contributed by atoms with E-state index < -0.39 is 4.92 Å². The van der Waals surface area contributed by atoms with Crippen LogP contribution >= 0.6 is 0 Å². The molecule has 130 valence electrons. The molecule has 2 aromatic carbocycles. The summed E-state index contributed by atoms with van der Waals surface area (Å²) in [6.45, 7) is 1.35. The molecule has 1 fully saturated rings. The quantitative estimate of drug-likeness (QED) is 0.526. The molecule has 6 heteroatoms. The van der Waals surface area contributed by atoms with E-state index in [-0.39, 0.29) is 17.3 Å². The van der Waals surface area contributed by atoms with Gasteiger partial charge in [0.15, 0.2) is 0 Å².